The van der Waals surface area contributed by atoms with Crippen LogP contribution in [0.2, 0.25) is 0 Å². The lowest BCUT2D eigenvalue weighted by atomic mass is 10.0. The Morgan fingerprint density at radius 1 is 1.00 bits per heavy atom. The van der Waals surface area contributed by atoms with Crippen molar-refractivity contribution in [1.82, 2.24) is 9.80 Å². The third kappa shape index (κ3) is 3.59. The first-order chi connectivity index (χ1) is 13.0. The molecular formula is C21H22F2N2O2. The number of carbonyl (C=O) groups excluding carboxylic acids is 1. The van der Waals surface area contributed by atoms with Gasteiger partial charge in [0.2, 0.25) is 0 Å². The highest BCUT2D eigenvalue weighted by atomic mass is 19.1. The molecule has 0 radical (unpaired) electrons. The van der Waals surface area contributed by atoms with Gasteiger partial charge in [-0.3, -0.25) is 9.69 Å². The summed E-state index contributed by atoms with van der Waals surface area (Å²) in [6.07, 6.45) is -0.465. The molecule has 27 heavy (non-hydrogen) atoms. The lowest BCUT2D eigenvalue weighted by molar-refractivity contribution is -0.138. The van der Waals surface area contributed by atoms with Crippen LogP contribution in [-0.4, -0.2) is 48.1 Å². The van der Waals surface area contributed by atoms with E-state index in [0.29, 0.717) is 31.7 Å². The van der Waals surface area contributed by atoms with Crippen LogP contribution >= 0.6 is 0 Å². The van der Waals surface area contributed by atoms with Gasteiger partial charge in [-0.2, -0.15) is 0 Å². The van der Waals surface area contributed by atoms with Crippen molar-refractivity contribution < 1.29 is 18.3 Å². The number of halogens is 2. The Kier molecular flexibility index (Phi) is 4.93. The number of hydrogen-bond donors (Lipinski definition) is 0. The third-order valence-corrected chi connectivity index (χ3v) is 5.50. The molecule has 0 spiro atoms. The molecule has 0 saturated carbocycles. The zero-order valence-corrected chi connectivity index (χ0v) is 15.1. The van der Waals surface area contributed by atoms with Gasteiger partial charge in [-0.1, -0.05) is 30.3 Å². The van der Waals surface area contributed by atoms with Gasteiger partial charge in [0.25, 0.3) is 5.91 Å². The van der Waals surface area contributed by atoms with Crippen molar-refractivity contribution in [2.45, 2.75) is 25.2 Å². The van der Waals surface area contributed by atoms with E-state index in [1.807, 2.05) is 35.2 Å². The Bertz CT molecular complexity index is 810. The van der Waals surface area contributed by atoms with E-state index in [4.69, 9.17) is 4.74 Å². The summed E-state index contributed by atoms with van der Waals surface area (Å²) < 4.78 is 32.5. The molecule has 2 aromatic carbocycles. The Morgan fingerprint density at radius 3 is 2.37 bits per heavy atom. The molecule has 0 aromatic heterocycles. The molecule has 142 valence electrons. The summed E-state index contributed by atoms with van der Waals surface area (Å²) in [5, 5.41) is 0. The standard InChI is InChI=1S/C21H22F2N2O2/c1-27-20-18-12-24(10-15-7-16(22)9-17(23)8-15)13-19(18)25(21(20)26)11-14-5-3-2-4-6-14/h2-9,18-20H,10-13H2,1H3/t18-,19+,20-/m0/s1. The molecule has 1 amide bonds. The molecule has 0 bridgehead atoms. The predicted molar refractivity (Wildman–Crippen MR) is 96.7 cm³/mol. The van der Waals surface area contributed by atoms with Crippen LogP contribution in [-0.2, 0) is 22.6 Å². The van der Waals surface area contributed by atoms with Gasteiger partial charge in [0, 0.05) is 45.3 Å². The summed E-state index contributed by atoms with van der Waals surface area (Å²) in [6.45, 7) is 2.33. The average Bonchev–Trinajstić information content (AvgIpc) is 3.12. The van der Waals surface area contributed by atoms with Crippen molar-refractivity contribution in [3.8, 4) is 0 Å². The van der Waals surface area contributed by atoms with E-state index in [-0.39, 0.29) is 17.9 Å². The van der Waals surface area contributed by atoms with E-state index in [0.717, 1.165) is 11.6 Å². The molecule has 2 aliphatic rings. The largest absolute Gasteiger partial charge is 0.371 e. The highest BCUT2D eigenvalue weighted by Crippen LogP contribution is 2.36. The average molecular weight is 372 g/mol. The highest BCUT2D eigenvalue weighted by Gasteiger charge is 2.52. The molecule has 3 atom stereocenters. The van der Waals surface area contributed by atoms with Crippen LogP contribution in [0.4, 0.5) is 8.78 Å². The number of amides is 1. The second kappa shape index (κ2) is 7.37. The molecule has 2 aliphatic heterocycles. The van der Waals surface area contributed by atoms with Gasteiger partial charge in [-0.25, -0.2) is 8.78 Å². The van der Waals surface area contributed by atoms with Crippen LogP contribution in [0.3, 0.4) is 0 Å². The maximum absolute atomic E-state index is 13.5. The molecule has 0 N–H and O–H groups in total. The van der Waals surface area contributed by atoms with Crippen LogP contribution in [0.5, 0.6) is 0 Å². The minimum Gasteiger partial charge on any atom is -0.371 e. The zero-order chi connectivity index (χ0) is 19.0. The fourth-order valence-corrected chi connectivity index (χ4v) is 4.37. The summed E-state index contributed by atoms with van der Waals surface area (Å²) in [6, 6.07) is 13.5. The quantitative estimate of drug-likeness (QED) is 0.809. The smallest absolute Gasteiger partial charge is 0.252 e. The number of likely N-dealkylation sites (tertiary alicyclic amines) is 2. The van der Waals surface area contributed by atoms with Gasteiger partial charge in [0.05, 0.1) is 6.04 Å². The number of methoxy groups -OCH3 is 1. The van der Waals surface area contributed by atoms with Gasteiger partial charge < -0.3 is 9.64 Å². The fraction of sp³-hybridized carbons (Fsp3) is 0.381. The number of benzene rings is 2. The van der Waals surface area contributed by atoms with E-state index < -0.39 is 17.7 Å². The number of carbonyl (C=O) groups is 1. The predicted octanol–water partition coefficient (Wildman–Crippen LogP) is 2.82. The maximum Gasteiger partial charge on any atom is 0.252 e. The SMILES string of the molecule is CO[C@@H]1C(=O)N(Cc2ccccc2)[C@@H]2CN(Cc3cc(F)cc(F)c3)C[C@H]12. The number of hydrogen-bond acceptors (Lipinski definition) is 3. The molecular weight excluding hydrogens is 350 g/mol. The molecule has 2 fully saturated rings. The van der Waals surface area contributed by atoms with Gasteiger partial charge in [-0.15, -0.1) is 0 Å². The number of nitrogens with zero attached hydrogens (tertiary/aromatic N) is 2. The summed E-state index contributed by atoms with van der Waals surface area (Å²) in [7, 11) is 1.57. The van der Waals surface area contributed by atoms with E-state index in [1.165, 1.54) is 12.1 Å². The molecule has 4 nitrogen and oxygen atoms in total. The fourth-order valence-electron chi connectivity index (χ4n) is 4.37. The first-order valence-electron chi connectivity index (χ1n) is 9.09. The van der Waals surface area contributed by atoms with Crippen LogP contribution in [0, 0.1) is 17.6 Å². The summed E-state index contributed by atoms with van der Waals surface area (Å²) in [4.78, 5) is 16.8. The van der Waals surface area contributed by atoms with Crippen molar-refractivity contribution in [3.63, 3.8) is 0 Å². The molecule has 0 unspecified atom stereocenters. The summed E-state index contributed by atoms with van der Waals surface area (Å²) in [5.74, 6) is -1.06. The van der Waals surface area contributed by atoms with E-state index in [1.54, 1.807) is 7.11 Å². The topological polar surface area (TPSA) is 32.8 Å². The lowest BCUT2D eigenvalue weighted by Gasteiger charge is -2.25. The van der Waals surface area contributed by atoms with E-state index >= 15 is 0 Å². The first kappa shape index (κ1) is 18.1. The van der Waals surface area contributed by atoms with Crippen molar-refractivity contribution in [2.75, 3.05) is 20.2 Å². The van der Waals surface area contributed by atoms with Crippen molar-refractivity contribution in [3.05, 3.63) is 71.3 Å². The van der Waals surface area contributed by atoms with Crippen molar-refractivity contribution in [1.29, 1.82) is 0 Å². The normalized spacial score (nSPS) is 25.2. The van der Waals surface area contributed by atoms with Crippen LogP contribution < -0.4 is 0 Å². The van der Waals surface area contributed by atoms with Crippen LogP contribution in [0.15, 0.2) is 48.5 Å². The molecule has 0 aliphatic carbocycles. The number of rotatable bonds is 5. The molecule has 2 aromatic rings. The molecule has 4 rings (SSSR count). The third-order valence-electron chi connectivity index (χ3n) is 5.50. The minimum atomic E-state index is -0.569. The zero-order valence-electron chi connectivity index (χ0n) is 15.1. The van der Waals surface area contributed by atoms with Gasteiger partial charge in [0.1, 0.15) is 17.7 Å². The first-order valence-corrected chi connectivity index (χ1v) is 9.09. The molecule has 2 heterocycles. The Morgan fingerprint density at radius 2 is 1.70 bits per heavy atom. The number of ether oxygens (including phenoxy) is 1. The van der Waals surface area contributed by atoms with E-state index in [9.17, 15) is 13.6 Å². The van der Waals surface area contributed by atoms with Crippen molar-refractivity contribution >= 4 is 5.91 Å². The maximum atomic E-state index is 13.5. The van der Waals surface area contributed by atoms with Crippen LogP contribution in [0.25, 0.3) is 0 Å². The number of fused-ring (bicyclic) bond motifs is 1. The molecule has 6 heteroatoms. The lowest BCUT2D eigenvalue weighted by Crippen LogP contribution is -2.38. The second-order valence-electron chi connectivity index (χ2n) is 7.31. The Hall–Kier alpha value is -2.31. The molecule has 2 saturated heterocycles. The second-order valence-corrected chi connectivity index (χ2v) is 7.31. The monoisotopic (exact) mass is 372 g/mol. The van der Waals surface area contributed by atoms with Gasteiger partial charge >= 0.3 is 0 Å². The Balaban J connectivity index is 1.51. The van der Waals surface area contributed by atoms with Gasteiger partial charge in [0.15, 0.2) is 0 Å². The van der Waals surface area contributed by atoms with Crippen molar-refractivity contribution in [2.24, 2.45) is 5.92 Å². The minimum absolute atomic E-state index is 0.0211. The summed E-state index contributed by atoms with van der Waals surface area (Å²) in [5.41, 5.74) is 1.68. The summed E-state index contributed by atoms with van der Waals surface area (Å²) >= 11 is 0. The van der Waals surface area contributed by atoms with Crippen LogP contribution in [0.1, 0.15) is 11.1 Å². The van der Waals surface area contributed by atoms with E-state index in [2.05, 4.69) is 4.90 Å². The van der Waals surface area contributed by atoms with Gasteiger partial charge in [-0.05, 0) is 23.3 Å². The Labute approximate surface area is 157 Å². The highest BCUT2D eigenvalue weighted by molar-refractivity contribution is 5.84.